The van der Waals surface area contributed by atoms with E-state index in [0.717, 1.165) is 22.3 Å². The summed E-state index contributed by atoms with van der Waals surface area (Å²) in [5.74, 6) is 0. The molecular formula is C16H15BrClN. The quantitative estimate of drug-likeness (QED) is 0.762. The van der Waals surface area contributed by atoms with Crippen molar-refractivity contribution >= 4 is 33.2 Å². The molecule has 1 nitrogen and oxygen atoms in total. The topological polar surface area (TPSA) is 12.0 Å². The van der Waals surface area contributed by atoms with E-state index in [-0.39, 0.29) is 0 Å². The maximum absolute atomic E-state index is 6.05. The van der Waals surface area contributed by atoms with Crippen LogP contribution in [0.25, 0.3) is 0 Å². The van der Waals surface area contributed by atoms with Crippen molar-refractivity contribution < 1.29 is 0 Å². The molecule has 0 spiro atoms. The van der Waals surface area contributed by atoms with E-state index in [0.29, 0.717) is 6.04 Å². The molecule has 0 aliphatic heterocycles. The summed E-state index contributed by atoms with van der Waals surface area (Å²) in [7, 11) is 0. The first-order chi connectivity index (χ1) is 9.11. The average molecular weight is 337 g/mol. The van der Waals surface area contributed by atoms with Gasteiger partial charge < -0.3 is 5.32 Å². The molecule has 98 valence electrons. The van der Waals surface area contributed by atoms with E-state index in [1.165, 1.54) is 22.4 Å². The van der Waals surface area contributed by atoms with Gasteiger partial charge >= 0.3 is 0 Å². The van der Waals surface area contributed by atoms with Crippen LogP contribution in [0.15, 0.2) is 40.9 Å². The van der Waals surface area contributed by atoms with Crippen molar-refractivity contribution in [2.24, 2.45) is 0 Å². The molecule has 1 aliphatic carbocycles. The Morgan fingerprint density at radius 1 is 1.21 bits per heavy atom. The summed E-state index contributed by atoms with van der Waals surface area (Å²) in [5.41, 5.74) is 5.17. The Kier molecular flexibility index (Phi) is 3.55. The van der Waals surface area contributed by atoms with Crippen LogP contribution in [0.1, 0.15) is 29.2 Å². The highest BCUT2D eigenvalue weighted by atomic mass is 79.9. The molecule has 2 aromatic rings. The van der Waals surface area contributed by atoms with Crippen LogP contribution in [0.2, 0.25) is 5.02 Å². The highest BCUT2D eigenvalue weighted by molar-refractivity contribution is 9.10. The van der Waals surface area contributed by atoms with Gasteiger partial charge in [-0.3, -0.25) is 0 Å². The van der Waals surface area contributed by atoms with Crippen molar-refractivity contribution in [1.82, 2.24) is 0 Å². The molecule has 1 N–H and O–H groups in total. The second kappa shape index (κ2) is 5.18. The SMILES string of the molecule is Cc1cc(Br)cc(NC2CCc3cc(Cl)ccc32)c1. The van der Waals surface area contributed by atoms with Gasteiger partial charge in [0.1, 0.15) is 0 Å². The second-order valence-corrected chi connectivity index (χ2v) is 6.45. The van der Waals surface area contributed by atoms with Gasteiger partial charge in [-0.15, -0.1) is 0 Å². The van der Waals surface area contributed by atoms with Crippen molar-refractivity contribution in [3.63, 3.8) is 0 Å². The molecule has 0 radical (unpaired) electrons. The molecule has 0 bridgehead atoms. The van der Waals surface area contributed by atoms with E-state index in [1.807, 2.05) is 6.07 Å². The van der Waals surface area contributed by atoms with Gasteiger partial charge in [0.2, 0.25) is 0 Å². The van der Waals surface area contributed by atoms with Gasteiger partial charge in [-0.05, 0) is 66.8 Å². The fourth-order valence-corrected chi connectivity index (χ4v) is 3.56. The molecule has 3 rings (SSSR count). The monoisotopic (exact) mass is 335 g/mol. The first kappa shape index (κ1) is 13.0. The first-order valence-corrected chi connectivity index (χ1v) is 7.61. The van der Waals surface area contributed by atoms with Crippen LogP contribution in [-0.2, 0) is 6.42 Å². The lowest BCUT2D eigenvalue weighted by molar-refractivity contribution is 0.762. The zero-order chi connectivity index (χ0) is 13.4. The number of aryl methyl sites for hydroxylation is 2. The summed E-state index contributed by atoms with van der Waals surface area (Å²) in [6, 6.07) is 13.0. The number of rotatable bonds is 2. The molecule has 0 aromatic heterocycles. The molecular weight excluding hydrogens is 322 g/mol. The molecule has 3 heteroatoms. The normalized spacial score (nSPS) is 17.3. The summed E-state index contributed by atoms with van der Waals surface area (Å²) < 4.78 is 1.12. The van der Waals surface area contributed by atoms with Crippen LogP contribution in [0.4, 0.5) is 5.69 Å². The van der Waals surface area contributed by atoms with E-state index >= 15 is 0 Å². The minimum atomic E-state index is 0.390. The van der Waals surface area contributed by atoms with Gasteiger partial charge in [-0.1, -0.05) is 33.6 Å². The summed E-state index contributed by atoms with van der Waals surface area (Å²) in [6.45, 7) is 2.11. The van der Waals surface area contributed by atoms with E-state index in [4.69, 9.17) is 11.6 Å². The number of halogens is 2. The predicted molar refractivity (Wildman–Crippen MR) is 85.0 cm³/mol. The second-order valence-electron chi connectivity index (χ2n) is 5.10. The third-order valence-corrected chi connectivity index (χ3v) is 4.26. The van der Waals surface area contributed by atoms with Gasteiger partial charge in [0.05, 0.1) is 6.04 Å². The third-order valence-electron chi connectivity index (χ3n) is 3.57. The van der Waals surface area contributed by atoms with Gasteiger partial charge in [0.25, 0.3) is 0 Å². The number of fused-ring (bicyclic) bond motifs is 1. The third kappa shape index (κ3) is 2.80. The summed E-state index contributed by atoms with van der Waals surface area (Å²) in [4.78, 5) is 0. The van der Waals surface area contributed by atoms with Gasteiger partial charge in [0.15, 0.2) is 0 Å². The van der Waals surface area contributed by atoms with Crippen molar-refractivity contribution in [3.05, 3.63) is 62.6 Å². The minimum absolute atomic E-state index is 0.390. The van der Waals surface area contributed by atoms with E-state index in [1.54, 1.807) is 0 Å². The molecule has 0 amide bonds. The zero-order valence-corrected chi connectivity index (χ0v) is 13.1. The van der Waals surface area contributed by atoms with Crippen molar-refractivity contribution in [2.75, 3.05) is 5.32 Å². The van der Waals surface area contributed by atoms with Gasteiger partial charge in [-0.2, -0.15) is 0 Å². The minimum Gasteiger partial charge on any atom is -0.378 e. The van der Waals surface area contributed by atoms with Crippen LogP contribution in [-0.4, -0.2) is 0 Å². The van der Waals surface area contributed by atoms with Gasteiger partial charge in [0, 0.05) is 15.2 Å². The predicted octanol–water partition coefficient (Wildman–Crippen LogP) is 5.51. The fourth-order valence-electron chi connectivity index (χ4n) is 2.76. The van der Waals surface area contributed by atoms with Crippen molar-refractivity contribution in [1.29, 1.82) is 0 Å². The summed E-state index contributed by atoms with van der Waals surface area (Å²) >= 11 is 9.59. The smallest absolute Gasteiger partial charge is 0.0519 e. The van der Waals surface area contributed by atoms with Crippen LogP contribution in [0.5, 0.6) is 0 Å². The van der Waals surface area contributed by atoms with E-state index in [2.05, 4.69) is 58.5 Å². The highest BCUT2D eigenvalue weighted by Gasteiger charge is 2.22. The Morgan fingerprint density at radius 2 is 2.05 bits per heavy atom. The molecule has 0 heterocycles. The highest BCUT2D eigenvalue weighted by Crippen LogP contribution is 2.35. The molecule has 1 unspecified atom stereocenters. The van der Waals surface area contributed by atoms with E-state index in [9.17, 15) is 0 Å². The Bertz CT molecular complexity index is 604. The molecule has 0 saturated carbocycles. The number of hydrogen-bond acceptors (Lipinski definition) is 1. The van der Waals surface area contributed by atoms with Crippen LogP contribution >= 0.6 is 27.5 Å². The summed E-state index contributed by atoms with van der Waals surface area (Å²) in [6.07, 6.45) is 2.22. The van der Waals surface area contributed by atoms with Crippen molar-refractivity contribution in [2.45, 2.75) is 25.8 Å². The lowest BCUT2D eigenvalue weighted by atomic mass is 10.1. The van der Waals surface area contributed by atoms with Gasteiger partial charge in [-0.25, -0.2) is 0 Å². The number of hydrogen-bond donors (Lipinski definition) is 1. The fraction of sp³-hybridized carbons (Fsp3) is 0.250. The molecule has 1 atom stereocenters. The van der Waals surface area contributed by atoms with Crippen LogP contribution in [0, 0.1) is 6.92 Å². The Balaban J connectivity index is 1.86. The summed E-state index contributed by atoms with van der Waals surface area (Å²) in [5, 5.41) is 4.46. The largest absolute Gasteiger partial charge is 0.378 e. The maximum Gasteiger partial charge on any atom is 0.0519 e. The molecule has 2 aromatic carbocycles. The lowest BCUT2D eigenvalue weighted by Crippen LogP contribution is -2.07. The Hall–Kier alpha value is -0.990. The maximum atomic E-state index is 6.05. The average Bonchev–Trinajstić information content (AvgIpc) is 2.70. The Labute approximate surface area is 127 Å². The number of nitrogens with one attached hydrogen (secondary N) is 1. The first-order valence-electron chi connectivity index (χ1n) is 6.44. The number of anilines is 1. The molecule has 0 fully saturated rings. The lowest BCUT2D eigenvalue weighted by Gasteiger charge is -2.16. The number of benzene rings is 2. The van der Waals surface area contributed by atoms with Crippen molar-refractivity contribution in [3.8, 4) is 0 Å². The Morgan fingerprint density at radius 3 is 2.84 bits per heavy atom. The zero-order valence-electron chi connectivity index (χ0n) is 10.7. The molecule has 0 saturated heterocycles. The van der Waals surface area contributed by atoms with Crippen LogP contribution in [0.3, 0.4) is 0 Å². The standard InChI is InChI=1S/C16H15BrClN/c1-10-6-12(17)9-14(7-10)19-16-5-2-11-8-13(18)3-4-15(11)16/h3-4,6-9,16,19H,2,5H2,1H3. The molecule has 19 heavy (non-hydrogen) atoms. The van der Waals surface area contributed by atoms with E-state index < -0.39 is 0 Å². The van der Waals surface area contributed by atoms with Crippen LogP contribution < -0.4 is 5.32 Å². The molecule has 1 aliphatic rings.